The Kier molecular flexibility index (Phi) is 3.79. The van der Waals surface area contributed by atoms with Crippen molar-refractivity contribution in [1.29, 1.82) is 0 Å². The highest BCUT2D eigenvalue weighted by Gasteiger charge is 2.20. The molecule has 0 spiro atoms. The summed E-state index contributed by atoms with van der Waals surface area (Å²) < 4.78 is 0. The molecule has 1 aromatic heterocycles. The van der Waals surface area contributed by atoms with Gasteiger partial charge in [-0.2, -0.15) is 0 Å². The van der Waals surface area contributed by atoms with E-state index in [0.717, 1.165) is 42.6 Å². The highest BCUT2D eigenvalue weighted by molar-refractivity contribution is 7.13. The zero-order valence-electron chi connectivity index (χ0n) is 11.8. The van der Waals surface area contributed by atoms with Gasteiger partial charge in [0, 0.05) is 43.4 Å². The van der Waals surface area contributed by atoms with Gasteiger partial charge in [0.2, 0.25) is 0 Å². The third-order valence-electron chi connectivity index (χ3n) is 3.75. The number of aromatic nitrogens is 1. The summed E-state index contributed by atoms with van der Waals surface area (Å²) in [5.41, 5.74) is 2.48. The predicted molar refractivity (Wildman–Crippen MR) is 84.7 cm³/mol. The molecule has 110 valence electrons. The molecule has 1 fully saturated rings. The number of hydrogen-bond acceptors (Lipinski definition) is 5. The lowest BCUT2D eigenvalue weighted by Crippen LogP contribution is -2.46. The summed E-state index contributed by atoms with van der Waals surface area (Å²) in [6.07, 6.45) is 1.83. The summed E-state index contributed by atoms with van der Waals surface area (Å²) in [6, 6.07) is 5.33. The van der Waals surface area contributed by atoms with Crippen LogP contribution in [0, 0.1) is 6.92 Å². The molecule has 0 aliphatic carbocycles. The lowest BCUT2D eigenvalue weighted by molar-refractivity contribution is 0.0697. The molecule has 6 heteroatoms. The number of carboxylic acid groups (broad SMARTS) is 1. The van der Waals surface area contributed by atoms with E-state index >= 15 is 0 Å². The number of aryl methyl sites for hydroxylation is 1. The molecule has 2 heterocycles. The summed E-state index contributed by atoms with van der Waals surface area (Å²) in [6.45, 7) is 5.69. The molecule has 1 saturated heterocycles. The smallest absolute Gasteiger partial charge is 0.335 e. The minimum atomic E-state index is -0.877. The molecule has 1 aromatic carbocycles. The van der Waals surface area contributed by atoms with Gasteiger partial charge in [-0.15, -0.1) is 11.3 Å². The van der Waals surface area contributed by atoms with Gasteiger partial charge in [0.15, 0.2) is 5.13 Å². The Bertz CT molecular complexity index is 634. The van der Waals surface area contributed by atoms with Crippen molar-refractivity contribution in [3.05, 3.63) is 40.9 Å². The standard InChI is InChI=1S/C15H17N3O2S/c1-11-10-12(14(19)20)2-3-13(11)17-5-7-18(8-6-17)15-16-4-9-21-15/h2-4,9-10H,5-8H2,1H3,(H,19,20). The van der Waals surface area contributed by atoms with Gasteiger partial charge in [-0.25, -0.2) is 9.78 Å². The molecular formula is C15H17N3O2S. The Labute approximate surface area is 127 Å². The normalized spacial score (nSPS) is 15.3. The van der Waals surface area contributed by atoms with Crippen LogP contribution in [0.25, 0.3) is 0 Å². The topological polar surface area (TPSA) is 56.7 Å². The number of carboxylic acids is 1. The molecule has 0 amide bonds. The quantitative estimate of drug-likeness (QED) is 0.944. The summed E-state index contributed by atoms with van der Waals surface area (Å²) in [7, 11) is 0. The molecule has 0 radical (unpaired) electrons. The van der Waals surface area contributed by atoms with E-state index in [2.05, 4.69) is 14.8 Å². The molecule has 1 N–H and O–H groups in total. The number of piperazine rings is 1. The lowest BCUT2D eigenvalue weighted by atomic mass is 10.1. The second-order valence-electron chi connectivity index (χ2n) is 5.10. The van der Waals surface area contributed by atoms with Crippen molar-refractivity contribution in [2.75, 3.05) is 36.0 Å². The number of benzene rings is 1. The molecule has 0 saturated carbocycles. The monoisotopic (exact) mass is 303 g/mol. The second-order valence-corrected chi connectivity index (χ2v) is 5.97. The van der Waals surface area contributed by atoms with E-state index < -0.39 is 5.97 Å². The van der Waals surface area contributed by atoms with E-state index in [4.69, 9.17) is 5.11 Å². The fourth-order valence-corrected chi connectivity index (χ4v) is 3.35. The molecule has 0 bridgehead atoms. The van der Waals surface area contributed by atoms with E-state index in [1.165, 1.54) is 0 Å². The van der Waals surface area contributed by atoms with Crippen LogP contribution in [0.4, 0.5) is 10.8 Å². The Balaban J connectivity index is 1.71. The van der Waals surface area contributed by atoms with E-state index in [0.29, 0.717) is 5.56 Å². The molecule has 21 heavy (non-hydrogen) atoms. The molecule has 3 rings (SSSR count). The average Bonchev–Trinajstić information content (AvgIpc) is 3.01. The number of rotatable bonds is 3. The lowest BCUT2D eigenvalue weighted by Gasteiger charge is -2.36. The molecule has 0 atom stereocenters. The molecule has 1 aliphatic heterocycles. The zero-order chi connectivity index (χ0) is 14.8. The van der Waals surface area contributed by atoms with Crippen molar-refractivity contribution < 1.29 is 9.90 Å². The molecule has 0 unspecified atom stereocenters. The number of aromatic carboxylic acids is 1. The first-order chi connectivity index (χ1) is 10.1. The maximum Gasteiger partial charge on any atom is 0.335 e. The number of carbonyl (C=O) groups is 1. The third-order valence-corrected chi connectivity index (χ3v) is 4.59. The van der Waals surface area contributed by atoms with Crippen LogP contribution in [-0.4, -0.2) is 42.2 Å². The van der Waals surface area contributed by atoms with Gasteiger partial charge in [0.05, 0.1) is 5.56 Å². The zero-order valence-corrected chi connectivity index (χ0v) is 12.6. The van der Waals surface area contributed by atoms with Crippen molar-refractivity contribution in [2.24, 2.45) is 0 Å². The maximum absolute atomic E-state index is 11.0. The van der Waals surface area contributed by atoms with E-state index in [9.17, 15) is 4.79 Å². The summed E-state index contributed by atoms with van der Waals surface area (Å²) in [5, 5.41) is 12.1. The first-order valence-corrected chi connectivity index (χ1v) is 7.76. The largest absolute Gasteiger partial charge is 0.478 e. The van der Waals surface area contributed by atoms with Crippen LogP contribution in [0.2, 0.25) is 0 Å². The van der Waals surface area contributed by atoms with Crippen molar-refractivity contribution in [3.8, 4) is 0 Å². The SMILES string of the molecule is Cc1cc(C(=O)O)ccc1N1CCN(c2nccs2)CC1. The minimum Gasteiger partial charge on any atom is -0.478 e. The van der Waals surface area contributed by atoms with Crippen LogP contribution in [0.3, 0.4) is 0 Å². The van der Waals surface area contributed by atoms with Crippen LogP contribution >= 0.6 is 11.3 Å². The van der Waals surface area contributed by atoms with Crippen LogP contribution < -0.4 is 9.80 Å². The second kappa shape index (κ2) is 5.73. The number of thiazole rings is 1. The highest BCUT2D eigenvalue weighted by atomic mass is 32.1. The fourth-order valence-electron chi connectivity index (χ4n) is 2.65. The first kappa shape index (κ1) is 13.9. The van der Waals surface area contributed by atoms with Gasteiger partial charge in [0.1, 0.15) is 0 Å². The number of anilines is 2. The fraction of sp³-hybridized carbons (Fsp3) is 0.333. The van der Waals surface area contributed by atoms with Gasteiger partial charge in [-0.1, -0.05) is 0 Å². The van der Waals surface area contributed by atoms with Crippen LogP contribution in [0.5, 0.6) is 0 Å². The Morgan fingerprint density at radius 2 is 1.95 bits per heavy atom. The predicted octanol–water partition coefficient (Wildman–Crippen LogP) is 2.48. The van der Waals surface area contributed by atoms with Crippen molar-refractivity contribution >= 4 is 28.1 Å². The molecule has 1 aliphatic rings. The molecular weight excluding hydrogens is 286 g/mol. The van der Waals surface area contributed by atoms with Gasteiger partial charge < -0.3 is 14.9 Å². The van der Waals surface area contributed by atoms with Crippen molar-refractivity contribution in [3.63, 3.8) is 0 Å². The maximum atomic E-state index is 11.0. The van der Waals surface area contributed by atoms with Crippen molar-refractivity contribution in [2.45, 2.75) is 6.92 Å². The van der Waals surface area contributed by atoms with Gasteiger partial charge in [-0.3, -0.25) is 0 Å². The van der Waals surface area contributed by atoms with Crippen LogP contribution in [0.15, 0.2) is 29.8 Å². The van der Waals surface area contributed by atoms with Gasteiger partial charge >= 0.3 is 5.97 Å². The van der Waals surface area contributed by atoms with Crippen LogP contribution in [-0.2, 0) is 0 Å². The van der Waals surface area contributed by atoms with Gasteiger partial charge in [-0.05, 0) is 30.7 Å². The van der Waals surface area contributed by atoms with Crippen molar-refractivity contribution in [1.82, 2.24) is 4.98 Å². The molecule has 2 aromatic rings. The number of nitrogens with zero attached hydrogens (tertiary/aromatic N) is 3. The van der Waals surface area contributed by atoms with E-state index in [1.807, 2.05) is 24.6 Å². The Morgan fingerprint density at radius 1 is 1.24 bits per heavy atom. The first-order valence-electron chi connectivity index (χ1n) is 6.88. The van der Waals surface area contributed by atoms with E-state index in [-0.39, 0.29) is 0 Å². The Hall–Kier alpha value is -2.08. The third kappa shape index (κ3) is 2.85. The Morgan fingerprint density at radius 3 is 2.52 bits per heavy atom. The average molecular weight is 303 g/mol. The summed E-state index contributed by atoms with van der Waals surface area (Å²) in [4.78, 5) is 19.9. The number of hydrogen-bond donors (Lipinski definition) is 1. The van der Waals surface area contributed by atoms with E-state index in [1.54, 1.807) is 23.5 Å². The minimum absolute atomic E-state index is 0.345. The van der Waals surface area contributed by atoms with Crippen LogP contribution in [0.1, 0.15) is 15.9 Å². The molecule has 5 nitrogen and oxygen atoms in total. The van der Waals surface area contributed by atoms with Gasteiger partial charge in [0.25, 0.3) is 0 Å². The summed E-state index contributed by atoms with van der Waals surface area (Å²) >= 11 is 1.67. The highest BCUT2D eigenvalue weighted by Crippen LogP contribution is 2.25. The summed E-state index contributed by atoms with van der Waals surface area (Å²) in [5.74, 6) is -0.877.